The summed E-state index contributed by atoms with van der Waals surface area (Å²) in [6.07, 6.45) is -4.81. The van der Waals surface area contributed by atoms with Crippen molar-refractivity contribution >= 4 is 17.1 Å². The molecule has 0 radical (unpaired) electrons. The lowest BCUT2D eigenvalue weighted by Gasteiger charge is -2.09. The lowest BCUT2D eigenvalue weighted by Crippen LogP contribution is -2.24. The fourth-order valence-corrected chi connectivity index (χ4v) is 1.22. The molecule has 0 aliphatic heterocycles. The molecule has 0 aliphatic carbocycles. The second-order valence-corrected chi connectivity index (χ2v) is 3.54. The maximum absolute atomic E-state index is 12.6. The third-order valence-corrected chi connectivity index (χ3v) is 2.03. The van der Waals surface area contributed by atoms with Gasteiger partial charge in [0.15, 0.2) is 5.71 Å². The van der Waals surface area contributed by atoms with Crippen molar-refractivity contribution in [1.29, 1.82) is 0 Å². The van der Waals surface area contributed by atoms with Gasteiger partial charge in [-0.05, 0) is 24.3 Å². The van der Waals surface area contributed by atoms with E-state index in [1.807, 2.05) is 0 Å². The molecule has 0 heterocycles. The smallest absolute Gasteiger partial charge is 0.437 e. The van der Waals surface area contributed by atoms with E-state index in [4.69, 9.17) is 9.29 Å². The second kappa shape index (κ2) is 5.83. The largest absolute Gasteiger partial charge is 0.497 e. The van der Waals surface area contributed by atoms with Crippen molar-refractivity contribution in [3.63, 3.8) is 0 Å². The molecule has 0 spiro atoms. The highest BCUT2D eigenvalue weighted by Crippen LogP contribution is 2.24. The van der Waals surface area contributed by atoms with Gasteiger partial charge >= 0.3 is 17.5 Å². The Morgan fingerprint density at radius 3 is 2.28 bits per heavy atom. The van der Waals surface area contributed by atoms with Gasteiger partial charge in [0.2, 0.25) is 0 Å². The number of hydrogen-bond acceptors (Lipinski definition) is 4. The fraction of sp³-hybridized carbons (Fsp3) is 0.222. The molecule has 0 bridgehead atoms. The molecule has 0 saturated heterocycles. The number of alkyl halides is 3. The average molecular weight is 283 g/mol. The number of rotatable bonds is 4. The maximum atomic E-state index is 12.6. The molecule has 18 heavy (non-hydrogen) atoms. The number of benzene rings is 1. The van der Waals surface area contributed by atoms with Gasteiger partial charge in [0.05, 0.1) is 7.11 Å². The first-order chi connectivity index (χ1) is 8.34. The molecule has 0 amide bonds. The zero-order valence-electron chi connectivity index (χ0n) is 8.97. The number of methoxy groups -OCH3 is 1. The Bertz CT molecular complexity index is 458. The zero-order valence-corrected chi connectivity index (χ0v) is 9.79. The van der Waals surface area contributed by atoms with Gasteiger partial charge in [-0.2, -0.15) is 17.4 Å². The van der Waals surface area contributed by atoms with Gasteiger partial charge in [-0.3, -0.25) is 8.84 Å². The van der Waals surface area contributed by atoms with Crippen LogP contribution in [0.4, 0.5) is 13.2 Å². The first-order valence-electron chi connectivity index (χ1n) is 4.42. The van der Waals surface area contributed by atoms with E-state index in [1.165, 1.54) is 19.2 Å². The highest BCUT2D eigenvalue weighted by Gasteiger charge is 2.38. The zero-order chi connectivity index (χ0) is 13.8. The van der Waals surface area contributed by atoms with Gasteiger partial charge in [-0.25, -0.2) is 0 Å². The Morgan fingerprint density at radius 2 is 1.89 bits per heavy atom. The molecule has 0 saturated carbocycles. The Balaban J connectivity index is 3.09. The highest BCUT2D eigenvalue weighted by atomic mass is 32.2. The molecule has 0 aliphatic rings. The molecule has 1 N–H and O–H groups in total. The van der Waals surface area contributed by atoms with Crippen LogP contribution in [-0.2, 0) is 15.6 Å². The summed E-state index contributed by atoms with van der Waals surface area (Å²) in [4.78, 5) is 0. The van der Waals surface area contributed by atoms with E-state index in [1.54, 1.807) is 0 Å². The standard InChI is InChI=1S/C9H8F3NO4S/c1-16-7-4-2-6(3-5-7)8(9(10,11)12)13-17-18(14)15/h2-5H,1H3,(H,14,15)/b13-8-. The van der Waals surface area contributed by atoms with Gasteiger partial charge in [0.25, 0.3) is 0 Å². The normalized spacial score (nSPS) is 14.2. The summed E-state index contributed by atoms with van der Waals surface area (Å²) in [7, 11) is 1.37. The van der Waals surface area contributed by atoms with Gasteiger partial charge in [-0.15, -0.1) is 0 Å². The van der Waals surface area contributed by atoms with Gasteiger partial charge < -0.3 is 4.74 Å². The SMILES string of the molecule is COc1ccc(/C(=N/OS(=O)O)C(F)(F)F)cc1. The summed E-state index contributed by atoms with van der Waals surface area (Å²) in [5, 5.41) is 2.62. The van der Waals surface area contributed by atoms with E-state index in [9.17, 15) is 17.4 Å². The summed E-state index contributed by atoms with van der Waals surface area (Å²) >= 11 is -2.91. The average Bonchev–Trinajstić information content (AvgIpc) is 2.28. The van der Waals surface area contributed by atoms with Crippen LogP contribution in [0.1, 0.15) is 5.56 Å². The van der Waals surface area contributed by atoms with Crippen molar-refractivity contribution in [2.45, 2.75) is 6.18 Å². The minimum Gasteiger partial charge on any atom is -0.497 e. The summed E-state index contributed by atoms with van der Waals surface area (Å²) in [6.45, 7) is 0. The molecule has 1 atom stereocenters. The number of oxime groups is 1. The van der Waals surface area contributed by atoms with Crippen LogP contribution in [0, 0.1) is 0 Å². The lowest BCUT2D eigenvalue weighted by molar-refractivity contribution is -0.0597. The fourth-order valence-electron chi connectivity index (χ4n) is 1.09. The minimum atomic E-state index is -4.81. The number of ether oxygens (including phenoxy) is 1. The van der Waals surface area contributed by atoms with Gasteiger partial charge in [0.1, 0.15) is 5.75 Å². The molecule has 0 fully saturated rings. The molecule has 5 nitrogen and oxygen atoms in total. The highest BCUT2D eigenvalue weighted by molar-refractivity contribution is 7.74. The van der Waals surface area contributed by atoms with Crippen LogP contribution in [0.2, 0.25) is 0 Å². The summed E-state index contributed by atoms with van der Waals surface area (Å²) in [6, 6.07) is 4.81. The quantitative estimate of drug-likeness (QED) is 0.522. The van der Waals surface area contributed by atoms with Gasteiger partial charge in [-0.1, -0.05) is 5.16 Å². The monoisotopic (exact) mass is 283 g/mol. The second-order valence-electron chi connectivity index (χ2n) is 2.96. The van der Waals surface area contributed by atoms with E-state index >= 15 is 0 Å². The van der Waals surface area contributed by atoms with Crippen molar-refractivity contribution < 1.29 is 31.0 Å². The Morgan fingerprint density at radius 1 is 1.33 bits per heavy atom. The van der Waals surface area contributed by atoms with Crippen LogP contribution in [0.5, 0.6) is 5.75 Å². The van der Waals surface area contributed by atoms with Crippen molar-refractivity contribution in [3.05, 3.63) is 29.8 Å². The molecule has 1 rings (SSSR count). The van der Waals surface area contributed by atoms with Crippen molar-refractivity contribution in [3.8, 4) is 5.75 Å². The Kier molecular flexibility index (Phi) is 4.68. The van der Waals surface area contributed by atoms with Crippen LogP contribution in [-0.4, -0.2) is 27.8 Å². The molecule has 100 valence electrons. The van der Waals surface area contributed by atoms with Crippen LogP contribution < -0.4 is 4.74 Å². The van der Waals surface area contributed by atoms with Crippen LogP contribution in [0.15, 0.2) is 29.4 Å². The predicted molar refractivity (Wildman–Crippen MR) is 57.4 cm³/mol. The van der Waals surface area contributed by atoms with E-state index in [2.05, 4.69) is 9.44 Å². The summed E-state index contributed by atoms with van der Waals surface area (Å²) in [5.74, 6) is 0.368. The van der Waals surface area contributed by atoms with Gasteiger partial charge in [0, 0.05) is 5.56 Å². The maximum Gasteiger partial charge on any atom is 0.437 e. The predicted octanol–water partition coefficient (Wildman–Crippen LogP) is 2.11. The third kappa shape index (κ3) is 4.00. The first kappa shape index (κ1) is 14.5. The van der Waals surface area contributed by atoms with Crippen LogP contribution >= 0.6 is 0 Å². The van der Waals surface area contributed by atoms with E-state index in [0.29, 0.717) is 5.75 Å². The minimum absolute atomic E-state index is 0.311. The summed E-state index contributed by atoms with van der Waals surface area (Å²) < 4.78 is 64.8. The molecule has 1 unspecified atom stereocenters. The molecule has 1 aromatic rings. The van der Waals surface area contributed by atoms with Crippen molar-refractivity contribution in [1.82, 2.24) is 0 Å². The van der Waals surface area contributed by atoms with Crippen LogP contribution in [0.3, 0.4) is 0 Å². The Hall–Kier alpha value is -1.61. The topological polar surface area (TPSA) is 68.1 Å². The van der Waals surface area contributed by atoms with E-state index in [-0.39, 0.29) is 5.56 Å². The van der Waals surface area contributed by atoms with E-state index < -0.39 is 23.2 Å². The number of nitrogens with zero attached hydrogens (tertiary/aromatic N) is 1. The summed E-state index contributed by atoms with van der Waals surface area (Å²) in [5.41, 5.74) is -1.72. The van der Waals surface area contributed by atoms with Crippen LogP contribution in [0.25, 0.3) is 0 Å². The molecular weight excluding hydrogens is 275 g/mol. The molecule has 9 heteroatoms. The molecular formula is C9H8F3NO4S. The number of halogens is 3. The number of hydrogen-bond donors (Lipinski definition) is 1. The van der Waals surface area contributed by atoms with Crippen molar-refractivity contribution in [2.75, 3.05) is 7.11 Å². The van der Waals surface area contributed by atoms with E-state index in [0.717, 1.165) is 12.1 Å². The lowest BCUT2D eigenvalue weighted by atomic mass is 10.1. The Labute approximate surface area is 103 Å². The molecule has 0 aromatic heterocycles. The van der Waals surface area contributed by atoms with Crippen molar-refractivity contribution in [2.24, 2.45) is 5.16 Å². The molecule has 1 aromatic carbocycles. The first-order valence-corrected chi connectivity index (χ1v) is 5.45. The third-order valence-electron chi connectivity index (χ3n) is 1.82.